The zero-order valence-corrected chi connectivity index (χ0v) is 10.1. The molecule has 2 aromatic rings. The predicted molar refractivity (Wildman–Crippen MR) is 60.2 cm³/mol. The molecule has 1 aromatic carbocycles. The maximum atomic E-state index is 13.1. The first-order valence-electron chi connectivity index (χ1n) is 5.66. The van der Waals surface area contributed by atoms with Crippen LogP contribution in [-0.2, 0) is 11.2 Å². The van der Waals surface area contributed by atoms with Crippen molar-refractivity contribution >= 4 is 5.97 Å². The molecule has 0 fully saturated rings. The van der Waals surface area contributed by atoms with Gasteiger partial charge < -0.3 is 9.63 Å². The molecule has 0 saturated carbocycles. The third-order valence-corrected chi connectivity index (χ3v) is 2.49. The third-order valence-electron chi connectivity index (χ3n) is 2.49. The lowest BCUT2D eigenvalue weighted by Crippen LogP contribution is -1.96. The molecule has 0 aliphatic heterocycles. The van der Waals surface area contributed by atoms with E-state index in [2.05, 4.69) is 10.1 Å². The number of nitrogens with zero attached hydrogens (tertiary/aromatic N) is 2. The van der Waals surface area contributed by atoms with Crippen LogP contribution in [-0.4, -0.2) is 21.2 Å². The standard InChI is InChI=1S/C12H9F3N2O3/c13-7-4-6(5-8(14)11(7)15)12-16-9(20-17-12)2-1-3-10(18)19/h4-5H,1-3H2,(H,18,19). The number of carboxylic acid groups (broad SMARTS) is 1. The summed E-state index contributed by atoms with van der Waals surface area (Å²) < 4.78 is 43.7. The van der Waals surface area contributed by atoms with Gasteiger partial charge in [-0.1, -0.05) is 5.16 Å². The van der Waals surface area contributed by atoms with E-state index in [0.29, 0.717) is 6.42 Å². The van der Waals surface area contributed by atoms with Crippen LogP contribution in [0.4, 0.5) is 13.2 Å². The average Bonchev–Trinajstić information content (AvgIpc) is 2.83. The maximum absolute atomic E-state index is 13.1. The van der Waals surface area contributed by atoms with Crippen LogP contribution in [0, 0.1) is 17.5 Å². The Kier molecular flexibility index (Phi) is 4.02. The zero-order chi connectivity index (χ0) is 14.7. The fraction of sp³-hybridized carbons (Fsp3) is 0.250. The van der Waals surface area contributed by atoms with E-state index in [9.17, 15) is 18.0 Å². The number of aryl methyl sites for hydroxylation is 1. The summed E-state index contributed by atoms with van der Waals surface area (Å²) in [6, 6.07) is 1.51. The van der Waals surface area contributed by atoms with E-state index >= 15 is 0 Å². The number of aromatic nitrogens is 2. The lowest BCUT2D eigenvalue weighted by molar-refractivity contribution is -0.137. The smallest absolute Gasteiger partial charge is 0.303 e. The normalized spacial score (nSPS) is 10.8. The summed E-state index contributed by atoms with van der Waals surface area (Å²) >= 11 is 0. The highest BCUT2D eigenvalue weighted by Crippen LogP contribution is 2.21. The molecule has 0 amide bonds. The summed E-state index contributed by atoms with van der Waals surface area (Å²) in [6.45, 7) is 0. The molecule has 106 valence electrons. The SMILES string of the molecule is O=C(O)CCCc1nc(-c2cc(F)c(F)c(F)c2)no1. The Labute approximate surface area is 111 Å². The van der Waals surface area contributed by atoms with Crippen molar-refractivity contribution in [2.75, 3.05) is 0 Å². The van der Waals surface area contributed by atoms with E-state index < -0.39 is 23.4 Å². The fourth-order valence-corrected chi connectivity index (χ4v) is 1.55. The molecule has 0 saturated heterocycles. The van der Waals surface area contributed by atoms with Gasteiger partial charge in [0.2, 0.25) is 11.7 Å². The molecule has 0 spiro atoms. The van der Waals surface area contributed by atoms with Crippen LogP contribution in [0.3, 0.4) is 0 Å². The van der Waals surface area contributed by atoms with Crippen LogP contribution >= 0.6 is 0 Å². The highest BCUT2D eigenvalue weighted by Gasteiger charge is 2.15. The molecule has 1 heterocycles. The monoisotopic (exact) mass is 286 g/mol. The van der Waals surface area contributed by atoms with Crippen molar-refractivity contribution < 1.29 is 27.6 Å². The minimum Gasteiger partial charge on any atom is -0.481 e. The summed E-state index contributed by atoms with van der Waals surface area (Å²) in [4.78, 5) is 14.2. The molecule has 8 heteroatoms. The van der Waals surface area contributed by atoms with Gasteiger partial charge in [0, 0.05) is 18.4 Å². The van der Waals surface area contributed by atoms with E-state index in [4.69, 9.17) is 9.63 Å². The molecular weight excluding hydrogens is 277 g/mol. The first kappa shape index (κ1) is 14.0. The molecule has 0 atom stereocenters. The number of carbonyl (C=O) groups is 1. The van der Waals surface area contributed by atoms with Crippen LogP contribution in [0.5, 0.6) is 0 Å². The van der Waals surface area contributed by atoms with Gasteiger partial charge in [0.1, 0.15) is 0 Å². The number of hydrogen-bond donors (Lipinski definition) is 1. The minimum atomic E-state index is -1.57. The topological polar surface area (TPSA) is 76.2 Å². The van der Waals surface area contributed by atoms with Crippen molar-refractivity contribution in [1.29, 1.82) is 0 Å². The molecule has 1 aromatic heterocycles. The number of carboxylic acids is 1. The van der Waals surface area contributed by atoms with Gasteiger partial charge >= 0.3 is 5.97 Å². The lowest BCUT2D eigenvalue weighted by Gasteiger charge is -1.98. The Balaban J connectivity index is 2.14. The molecule has 0 aliphatic carbocycles. The Morgan fingerprint density at radius 3 is 2.50 bits per heavy atom. The van der Waals surface area contributed by atoms with Crippen LogP contribution in [0.2, 0.25) is 0 Å². The van der Waals surface area contributed by atoms with Gasteiger partial charge in [0.05, 0.1) is 0 Å². The van der Waals surface area contributed by atoms with E-state index in [1.807, 2.05) is 0 Å². The van der Waals surface area contributed by atoms with E-state index in [1.54, 1.807) is 0 Å². The van der Waals surface area contributed by atoms with Gasteiger partial charge in [-0.05, 0) is 18.6 Å². The first-order chi connectivity index (χ1) is 9.47. The van der Waals surface area contributed by atoms with Crippen molar-refractivity contribution in [3.05, 3.63) is 35.5 Å². The number of benzene rings is 1. The van der Waals surface area contributed by atoms with E-state index in [0.717, 1.165) is 12.1 Å². The Morgan fingerprint density at radius 1 is 1.25 bits per heavy atom. The van der Waals surface area contributed by atoms with Gasteiger partial charge in [-0.2, -0.15) is 4.98 Å². The predicted octanol–water partition coefficient (Wildman–Crippen LogP) is 2.56. The molecule has 20 heavy (non-hydrogen) atoms. The molecule has 0 unspecified atom stereocenters. The van der Waals surface area contributed by atoms with Crippen molar-refractivity contribution in [2.45, 2.75) is 19.3 Å². The maximum Gasteiger partial charge on any atom is 0.303 e. The highest BCUT2D eigenvalue weighted by molar-refractivity contribution is 5.66. The molecule has 2 rings (SSSR count). The number of halogens is 3. The van der Waals surface area contributed by atoms with Crippen molar-refractivity contribution in [1.82, 2.24) is 10.1 Å². The van der Waals surface area contributed by atoms with Crippen LogP contribution in [0.1, 0.15) is 18.7 Å². The second kappa shape index (κ2) is 5.72. The van der Waals surface area contributed by atoms with Crippen LogP contribution in [0.15, 0.2) is 16.7 Å². The number of hydrogen-bond acceptors (Lipinski definition) is 4. The largest absolute Gasteiger partial charge is 0.481 e. The summed E-state index contributed by atoms with van der Waals surface area (Å²) in [5.74, 6) is -5.17. The molecule has 0 radical (unpaired) electrons. The van der Waals surface area contributed by atoms with E-state index in [1.165, 1.54) is 0 Å². The second-order valence-corrected chi connectivity index (χ2v) is 4.01. The van der Waals surface area contributed by atoms with Gasteiger partial charge in [0.15, 0.2) is 17.5 Å². The van der Waals surface area contributed by atoms with E-state index in [-0.39, 0.29) is 30.1 Å². The fourth-order valence-electron chi connectivity index (χ4n) is 1.55. The summed E-state index contributed by atoms with van der Waals surface area (Å²) in [6.07, 6.45) is 0.464. The average molecular weight is 286 g/mol. The van der Waals surface area contributed by atoms with Gasteiger partial charge in [-0.25, -0.2) is 13.2 Å². The molecule has 0 bridgehead atoms. The minimum absolute atomic E-state index is 0.0580. The zero-order valence-electron chi connectivity index (χ0n) is 10.1. The summed E-state index contributed by atoms with van der Waals surface area (Å²) in [5, 5.41) is 12.0. The molecule has 1 N–H and O–H groups in total. The highest BCUT2D eigenvalue weighted by atomic mass is 19.2. The van der Waals surface area contributed by atoms with Crippen LogP contribution in [0.25, 0.3) is 11.4 Å². The van der Waals surface area contributed by atoms with Gasteiger partial charge in [-0.15, -0.1) is 0 Å². The quantitative estimate of drug-likeness (QED) is 0.855. The summed E-state index contributed by atoms with van der Waals surface area (Å²) in [5.41, 5.74) is -0.0605. The Bertz CT molecular complexity index is 620. The Morgan fingerprint density at radius 2 is 1.90 bits per heavy atom. The van der Waals surface area contributed by atoms with Crippen molar-refractivity contribution in [3.63, 3.8) is 0 Å². The summed E-state index contributed by atoms with van der Waals surface area (Å²) in [7, 11) is 0. The number of aliphatic carboxylic acids is 1. The molecular formula is C12H9F3N2O3. The van der Waals surface area contributed by atoms with Crippen molar-refractivity contribution in [2.24, 2.45) is 0 Å². The first-order valence-corrected chi connectivity index (χ1v) is 5.66. The van der Waals surface area contributed by atoms with Crippen molar-refractivity contribution in [3.8, 4) is 11.4 Å². The third kappa shape index (κ3) is 3.14. The molecule has 0 aliphatic rings. The van der Waals surface area contributed by atoms with Crippen LogP contribution < -0.4 is 0 Å². The molecule has 5 nitrogen and oxygen atoms in total. The number of rotatable bonds is 5. The Hall–Kier alpha value is -2.38. The van der Waals surface area contributed by atoms with Gasteiger partial charge in [0.25, 0.3) is 0 Å². The second-order valence-electron chi connectivity index (χ2n) is 4.01. The van der Waals surface area contributed by atoms with Gasteiger partial charge in [-0.3, -0.25) is 4.79 Å². The lowest BCUT2D eigenvalue weighted by atomic mass is 10.2.